The molecular weight excluding hydrogens is 214 g/mol. The highest BCUT2D eigenvalue weighted by Crippen LogP contribution is 2.33. The number of aryl methyl sites for hydroxylation is 1. The van der Waals surface area contributed by atoms with Crippen LogP contribution in [0.2, 0.25) is 5.02 Å². The summed E-state index contributed by atoms with van der Waals surface area (Å²) in [6, 6.07) is 3.82. The van der Waals surface area contributed by atoms with Gasteiger partial charge in [-0.3, -0.25) is 0 Å². The molecule has 0 amide bonds. The van der Waals surface area contributed by atoms with E-state index in [4.69, 9.17) is 34.8 Å². The Kier molecular flexibility index (Phi) is 3.28. The molecule has 1 aromatic carbocycles. The van der Waals surface area contributed by atoms with Crippen LogP contribution in [0.4, 0.5) is 0 Å². The lowest BCUT2D eigenvalue weighted by Gasteiger charge is -2.09. The highest BCUT2D eigenvalue weighted by Gasteiger charge is 2.10. The van der Waals surface area contributed by atoms with E-state index in [2.05, 4.69) is 0 Å². The zero-order valence-electron chi connectivity index (χ0n) is 6.87. The molecule has 0 nitrogen and oxygen atoms in total. The van der Waals surface area contributed by atoms with Crippen molar-refractivity contribution in [3.8, 4) is 0 Å². The number of hydrogen-bond acceptors (Lipinski definition) is 0. The molecule has 12 heavy (non-hydrogen) atoms. The monoisotopic (exact) mass is 222 g/mol. The lowest BCUT2D eigenvalue weighted by molar-refractivity contribution is 1.26. The lowest BCUT2D eigenvalue weighted by Crippen LogP contribution is -1.89. The van der Waals surface area contributed by atoms with E-state index in [9.17, 15) is 0 Å². The van der Waals surface area contributed by atoms with Gasteiger partial charge >= 0.3 is 0 Å². The maximum atomic E-state index is 6.02. The van der Waals surface area contributed by atoms with Gasteiger partial charge < -0.3 is 0 Å². The largest absolute Gasteiger partial charge is 0.134 e. The van der Waals surface area contributed by atoms with Crippen molar-refractivity contribution in [3.05, 3.63) is 33.8 Å². The van der Waals surface area contributed by atoms with E-state index in [0.717, 1.165) is 16.7 Å². The van der Waals surface area contributed by atoms with Gasteiger partial charge in [0.1, 0.15) is 4.84 Å². The van der Waals surface area contributed by atoms with Crippen LogP contribution in [0.15, 0.2) is 12.1 Å². The number of benzene rings is 1. The SMILES string of the molecule is Cc1ccc(C(Cl)Cl)c(Cl)c1C. The molecule has 0 heterocycles. The first-order valence-corrected chi connectivity index (χ1v) is 4.83. The van der Waals surface area contributed by atoms with Gasteiger partial charge in [-0.05, 0) is 25.0 Å². The van der Waals surface area contributed by atoms with E-state index >= 15 is 0 Å². The first-order chi connectivity index (χ1) is 5.54. The minimum Gasteiger partial charge on any atom is -0.100 e. The summed E-state index contributed by atoms with van der Waals surface area (Å²) in [5, 5.41) is 0.671. The van der Waals surface area contributed by atoms with Crippen LogP contribution in [0.1, 0.15) is 21.5 Å². The van der Waals surface area contributed by atoms with E-state index in [1.165, 1.54) is 0 Å². The Morgan fingerprint density at radius 1 is 1.17 bits per heavy atom. The summed E-state index contributed by atoms with van der Waals surface area (Å²) >= 11 is 17.5. The number of alkyl halides is 2. The summed E-state index contributed by atoms with van der Waals surface area (Å²) in [5.74, 6) is 0. The molecule has 0 saturated heterocycles. The second kappa shape index (κ2) is 3.87. The standard InChI is InChI=1S/C9H9Cl3/c1-5-3-4-7(9(11)12)8(10)6(5)2/h3-4,9H,1-2H3. The van der Waals surface area contributed by atoms with Crippen molar-refractivity contribution < 1.29 is 0 Å². The van der Waals surface area contributed by atoms with Crippen molar-refractivity contribution in [3.63, 3.8) is 0 Å². The molecule has 1 aromatic rings. The van der Waals surface area contributed by atoms with Crippen molar-refractivity contribution in [2.24, 2.45) is 0 Å². The molecule has 0 bridgehead atoms. The fraction of sp³-hybridized carbons (Fsp3) is 0.333. The molecule has 0 N–H and O–H groups in total. The summed E-state index contributed by atoms with van der Waals surface area (Å²) in [6.45, 7) is 3.96. The summed E-state index contributed by atoms with van der Waals surface area (Å²) < 4.78 is 0. The van der Waals surface area contributed by atoms with Crippen LogP contribution in [0.5, 0.6) is 0 Å². The van der Waals surface area contributed by atoms with E-state index in [0.29, 0.717) is 5.02 Å². The highest BCUT2D eigenvalue weighted by atomic mass is 35.5. The second-order valence-electron chi connectivity index (χ2n) is 2.71. The zero-order valence-corrected chi connectivity index (χ0v) is 9.13. The molecule has 0 fully saturated rings. The van der Waals surface area contributed by atoms with Crippen molar-refractivity contribution in [1.29, 1.82) is 0 Å². The summed E-state index contributed by atoms with van der Waals surface area (Å²) in [4.78, 5) is -0.545. The molecule has 0 radical (unpaired) electrons. The summed E-state index contributed by atoms with van der Waals surface area (Å²) in [7, 11) is 0. The van der Waals surface area contributed by atoms with Crippen LogP contribution >= 0.6 is 34.8 Å². The van der Waals surface area contributed by atoms with Crippen molar-refractivity contribution >= 4 is 34.8 Å². The zero-order chi connectivity index (χ0) is 9.30. The minimum absolute atomic E-state index is 0.545. The molecule has 3 heteroatoms. The molecule has 0 unspecified atom stereocenters. The van der Waals surface area contributed by atoms with Gasteiger partial charge in [-0.25, -0.2) is 0 Å². The number of halogens is 3. The Balaban J connectivity index is 3.27. The average molecular weight is 224 g/mol. The maximum Gasteiger partial charge on any atom is 0.134 e. The van der Waals surface area contributed by atoms with Gasteiger partial charge in [0.2, 0.25) is 0 Å². The highest BCUT2D eigenvalue weighted by molar-refractivity contribution is 6.45. The van der Waals surface area contributed by atoms with Crippen LogP contribution in [-0.2, 0) is 0 Å². The van der Waals surface area contributed by atoms with Crippen molar-refractivity contribution in [2.75, 3.05) is 0 Å². The third kappa shape index (κ3) is 1.87. The smallest absolute Gasteiger partial charge is 0.100 e. The molecule has 0 spiro atoms. The van der Waals surface area contributed by atoms with Gasteiger partial charge in [0.25, 0.3) is 0 Å². The molecule has 66 valence electrons. The van der Waals surface area contributed by atoms with E-state index in [1.807, 2.05) is 26.0 Å². The third-order valence-corrected chi connectivity index (χ3v) is 2.89. The van der Waals surface area contributed by atoms with Crippen LogP contribution < -0.4 is 0 Å². The number of rotatable bonds is 1. The van der Waals surface area contributed by atoms with E-state index in [1.54, 1.807) is 0 Å². The van der Waals surface area contributed by atoms with Gasteiger partial charge in [-0.15, -0.1) is 23.2 Å². The van der Waals surface area contributed by atoms with Crippen LogP contribution in [0.25, 0.3) is 0 Å². The average Bonchev–Trinajstić information content (AvgIpc) is 2.00. The summed E-state index contributed by atoms with van der Waals surface area (Å²) in [5.41, 5.74) is 2.97. The molecule has 0 saturated carbocycles. The summed E-state index contributed by atoms with van der Waals surface area (Å²) in [6.07, 6.45) is 0. The van der Waals surface area contributed by atoms with Gasteiger partial charge in [-0.2, -0.15) is 0 Å². The Morgan fingerprint density at radius 3 is 2.25 bits per heavy atom. The molecule has 0 atom stereocenters. The molecule has 1 rings (SSSR count). The lowest BCUT2D eigenvalue weighted by atomic mass is 10.1. The van der Waals surface area contributed by atoms with Gasteiger partial charge in [-0.1, -0.05) is 23.7 Å². The van der Waals surface area contributed by atoms with Crippen molar-refractivity contribution in [1.82, 2.24) is 0 Å². The minimum atomic E-state index is -0.545. The Hall–Kier alpha value is 0.0900. The van der Waals surface area contributed by atoms with Crippen molar-refractivity contribution in [2.45, 2.75) is 18.7 Å². The van der Waals surface area contributed by atoms with Gasteiger partial charge in [0.05, 0.1) is 0 Å². The fourth-order valence-electron chi connectivity index (χ4n) is 0.971. The molecule has 0 aliphatic carbocycles. The Labute approximate surface area is 87.4 Å². The Bertz CT molecular complexity index is 292. The van der Waals surface area contributed by atoms with E-state index in [-0.39, 0.29) is 0 Å². The third-order valence-electron chi connectivity index (χ3n) is 1.92. The fourth-order valence-corrected chi connectivity index (χ4v) is 1.77. The predicted molar refractivity (Wildman–Crippen MR) is 55.4 cm³/mol. The quantitative estimate of drug-likeness (QED) is 0.618. The topological polar surface area (TPSA) is 0 Å². The number of hydrogen-bond donors (Lipinski definition) is 0. The molecular formula is C9H9Cl3. The molecule has 0 aliphatic heterocycles. The maximum absolute atomic E-state index is 6.02. The Morgan fingerprint density at radius 2 is 1.75 bits per heavy atom. The van der Waals surface area contributed by atoms with Crippen LogP contribution in [0.3, 0.4) is 0 Å². The van der Waals surface area contributed by atoms with E-state index < -0.39 is 4.84 Å². The molecule has 0 aliphatic rings. The first kappa shape index (κ1) is 10.2. The van der Waals surface area contributed by atoms with Crippen LogP contribution in [-0.4, -0.2) is 0 Å². The first-order valence-electron chi connectivity index (χ1n) is 3.57. The van der Waals surface area contributed by atoms with Gasteiger partial charge in [0.15, 0.2) is 0 Å². The van der Waals surface area contributed by atoms with Crippen LogP contribution in [0, 0.1) is 13.8 Å². The normalized spacial score (nSPS) is 10.8. The predicted octanol–water partition coefficient (Wildman–Crippen LogP) is 4.43. The van der Waals surface area contributed by atoms with Gasteiger partial charge in [0, 0.05) is 10.6 Å². The second-order valence-corrected chi connectivity index (χ2v) is 4.19. The molecule has 0 aromatic heterocycles.